The summed E-state index contributed by atoms with van der Waals surface area (Å²) in [5, 5.41) is 0.685. The summed E-state index contributed by atoms with van der Waals surface area (Å²) in [5.74, 6) is 0.752. The van der Waals surface area contributed by atoms with Crippen LogP contribution in [0.15, 0.2) is 48.8 Å². The summed E-state index contributed by atoms with van der Waals surface area (Å²) in [6.07, 6.45) is 4.14. The molecule has 0 radical (unpaired) electrons. The second-order valence-corrected chi connectivity index (χ2v) is 4.79. The van der Waals surface area contributed by atoms with E-state index in [4.69, 9.17) is 22.1 Å². The molecule has 0 aliphatic heterocycles. The third-order valence-corrected chi connectivity index (χ3v) is 3.20. The van der Waals surface area contributed by atoms with Gasteiger partial charge in [0.25, 0.3) is 0 Å². The molecule has 1 heterocycles. The van der Waals surface area contributed by atoms with Crippen molar-refractivity contribution in [2.24, 2.45) is 5.73 Å². The van der Waals surface area contributed by atoms with E-state index in [9.17, 15) is 0 Å². The van der Waals surface area contributed by atoms with Gasteiger partial charge >= 0.3 is 0 Å². The summed E-state index contributed by atoms with van der Waals surface area (Å²) >= 11 is 5.86. The highest BCUT2D eigenvalue weighted by Crippen LogP contribution is 2.25. The molecule has 4 heteroatoms. The van der Waals surface area contributed by atoms with Gasteiger partial charge in [-0.2, -0.15) is 0 Å². The first-order valence-electron chi connectivity index (χ1n) is 6.28. The summed E-state index contributed by atoms with van der Waals surface area (Å²) in [6, 6.07) is 11.1. The minimum absolute atomic E-state index is 0.0834. The first-order chi connectivity index (χ1) is 9.20. The minimum Gasteiger partial charge on any atom is -0.484 e. The van der Waals surface area contributed by atoms with Crippen molar-refractivity contribution in [2.75, 3.05) is 0 Å². The van der Waals surface area contributed by atoms with Crippen LogP contribution in [-0.4, -0.2) is 11.0 Å². The van der Waals surface area contributed by atoms with Gasteiger partial charge in [-0.3, -0.25) is 4.98 Å². The van der Waals surface area contributed by atoms with Gasteiger partial charge in [0.15, 0.2) is 0 Å². The van der Waals surface area contributed by atoms with Gasteiger partial charge in [-0.05, 0) is 36.8 Å². The molecule has 2 rings (SSSR count). The average Bonchev–Trinajstić information content (AvgIpc) is 2.47. The summed E-state index contributed by atoms with van der Waals surface area (Å²) in [7, 11) is 0. The van der Waals surface area contributed by atoms with Gasteiger partial charge in [-0.25, -0.2) is 0 Å². The van der Waals surface area contributed by atoms with Crippen LogP contribution in [0.3, 0.4) is 0 Å². The molecule has 0 fully saturated rings. The number of ether oxygens (including phenoxy) is 1. The molecule has 0 amide bonds. The molecular formula is C15H17ClN2O. The lowest BCUT2D eigenvalue weighted by Crippen LogP contribution is -2.31. The largest absolute Gasteiger partial charge is 0.484 e. The Morgan fingerprint density at radius 3 is 2.58 bits per heavy atom. The van der Waals surface area contributed by atoms with Crippen molar-refractivity contribution in [3.63, 3.8) is 0 Å². The van der Waals surface area contributed by atoms with Crippen LogP contribution in [0.25, 0.3) is 0 Å². The fourth-order valence-corrected chi connectivity index (χ4v) is 1.95. The van der Waals surface area contributed by atoms with Crippen LogP contribution in [0, 0.1) is 0 Å². The molecule has 100 valence electrons. The van der Waals surface area contributed by atoms with Crippen molar-refractivity contribution in [3.8, 4) is 5.75 Å². The molecule has 2 aromatic rings. The molecule has 1 aromatic heterocycles. The Balaban J connectivity index is 2.21. The third-order valence-electron chi connectivity index (χ3n) is 2.95. The Hall–Kier alpha value is -1.58. The summed E-state index contributed by atoms with van der Waals surface area (Å²) in [5.41, 5.74) is 7.13. The molecule has 1 aromatic carbocycles. The Bertz CT molecular complexity index is 501. The van der Waals surface area contributed by atoms with Gasteiger partial charge in [0.1, 0.15) is 11.9 Å². The van der Waals surface area contributed by atoms with E-state index in [-0.39, 0.29) is 12.1 Å². The number of nitrogens with zero attached hydrogens (tertiary/aromatic N) is 1. The first-order valence-corrected chi connectivity index (χ1v) is 6.66. The van der Waals surface area contributed by atoms with Crippen LogP contribution in [0.4, 0.5) is 0 Å². The Kier molecular flexibility index (Phi) is 4.77. The molecule has 2 atom stereocenters. The van der Waals surface area contributed by atoms with Crippen molar-refractivity contribution in [3.05, 3.63) is 59.4 Å². The smallest absolute Gasteiger partial charge is 0.140 e. The highest BCUT2D eigenvalue weighted by atomic mass is 35.5. The number of rotatable bonds is 5. The number of aromatic nitrogens is 1. The van der Waals surface area contributed by atoms with Crippen molar-refractivity contribution in [1.29, 1.82) is 0 Å². The van der Waals surface area contributed by atoms with Crippen LogP contribution in [0.1, 0.15) is 25.0 Å². The summed E-state index contributed by atoms with van der Waals surface area (Å²) in [6.45, 7) is 2.04. The van der Waals surface area contributed by atoms with E-state index < -0.39 is 0 Å². The van der Waals surface area contributed by atoms with E-state index in [1.807, 2.05) is 31.2 Å². The van der Waals surface area contributed by atoms with E-state index in [2.05, 4.69) is 4.98 Å². The number of hydrogen-bond acceptors (Lipinski definition) is 3. The zero-order valence-electron chi connectivity index (χ0n) is 10.8. The highest BCUT2D eigenvalue weighted by molar-refractivity contribution is 6.30. The number of pyridine rings is 1. The molecule has 3 nitrogen and oxygen atoms in total. The van der Waals surface area contributed by atoms with Crippen molar-refractivity contribution < 1.29 is 4.74 Å². The zero-order chi connectivity index (χ0) is 13.7. The molecule has 0 saturated heterocycles. The van der Waals surface area contributed by atoms with Gasteiger partial charge in [0.2, 0.25) is 0 Å². The number of hydrogen-bond donors (Lipinski definition) is 1. The fraction of sp³-hybridized carbons (Fsp3) is 0.267. The second kappa shape index (κ2) is 6.55. The van der Waals surface area contributed by atoms with Gasteiger partial charge in [0, 0.05) is 29.0 Å². The highest BCUT2D eigenvalue weighted by Gasteiger charge is 2.20. The average molecular weight is 277 g/mol. The molecule has 0 aliphatic carbocycles. The maximum Gasteiger partial charge on any atom is 0.140 e. The van der Waals surface area contributed by atoms with Crippen LogP contribution < -0.4 is 10.5 Å². The SMILES string of the molecule is CCC(N)C(Oc1ccc(Cl)cc1)c1cccnc1. The standard InChI is InChI=1S/C15H17ClN2O/c1-2-14(17)15(11-4-3-9-18-10-11)19-13-7-5-12(16)6-8-13/h3-10,14-15H,2,17H2,1H3. The maximum absolute atomic E-state index is 6.15. The molecule has 0 saturated carbocycles. The molecular weight excluding hydrogens is 260 g/mol. The van der Waals surface area contributed by atoms with Crippen molar-refractivity contribution >= 4 is 11.6 Å². The predicted octanol–water partition coefficient (Wildman–Crippen LogP) is 3.59. The van der Waals surface area contributed by atoms with E-state index >= 15 is 0 Å². The Morgan fingerprint density at radius 1 is 1.26 bits per heavy atom. The molecule has 0 aliphatic rings. The summed E-state index contributed by atoms with van der Waals surface area (Å²) < 4.78 is 5.98. The molecule has 0 bridgehead atoms. The lowest BCUT2D eigenvalue weighted by molar-refractivity contribution is 0.170. The van der Waals surface area contributed by atoms with E-state index in [0.29, 0.717) is 5.02 Å². The van der Waals surface area contributed by atoms with E-state index in [1.165, 1.54) is 0 Å². The van der Waals surface area contributed by atoms with Gasteiger partial charge < -0.3 is 10.5 Å². The molecule has 2 N–H and O–H groups in total. The van der Waals surface area contributed by atoms with Crippen LogP contribution in [-0.2, 0) is 0 Å². The lowest BCUT2D eigenvalue weighted by Gasteiger charge is -2.24. The van der Waals surface area contributed by atoms with Crippen LogP contribution >= 0.6 is 11.6 Å². The van der Waals surface area contributed by atoms with Crippen molar-refractivity contribution in [1.82, 2.24) is 4.98 Å². The normalized spacial score (nSPS) is 13.8. The predicted molar refractivity (Wildman–Crippen MR) is 77.3 cm³/mol. The van der Waals surface area contributed by atoms with Crippen LogP contribution in [0.2, 0.25) is 5.02 Å². The minimum atomic E-state index is -0.208. The Morgan fingerprint density at radius 2 is 2.00 bits per heavy atom. The first kappa shape index (κ1) is 13.8. The maximum atomic E-state index is 6.15. The lowest BCUT2D eigenvalue weighted by atomic mass is 10.0. The van der Waals surface area contributed by atoms with Gasteiger partial charge in [-0.1, -0.05) is 24.6 Å². The second-order valence-electron chi connectivity index (χ2n) is 4.35. The number of benzene rings is 1. The molecule has 0 spiro atoms. The number of halogens is 1. The molecule has 19 heavy (non-hydrogen) atoms. The zero-order valence-corrected chi connectivity index (χ0v) is 11.5. The number of nitrogens with two attached hydrogens (primary N) is 1. The van der Waals surface area contributed by atoms with Gasteiger partial charge in [0.05, 0.1) is 0 Å². The topological polar surface area (TPSA) is 48.1 Å². The fourth-order valence-electron chi connectivity index (χ4n) is 1.82. The van der Waals surface area contributed by atoms with Crippen LogP contribution in [0.5, 0.6) is 5.75 Å². The Labute approximate surface area is 118 Å². The van der Waals surface area contributed by atoms with E-state index in [1.54, 1.807) is 24.5 Å². The monoisotopic (exact) mass is 276 g/mol. The van der Waals surface area contributed by atoms with E-state index in [0.717, 1.165) is 17.7 Å². The summed E-state index contributed by atoms with van der Waals surface area (Å²) in [4.78, 5) is 4.12. The quantitative estimate of drug-likeness (QED) is 0.908. The molecule has 2 unspecified atom stereocenters. The third kappa shape index (κ3) is 3.69. The van der Waals surface area contributed by atoms with Crippen molar-refractivity contribution in [2.45, 2.75) is 25.5 Å². The van der Waals surface area contributed by atoms with Gasteiger partial charge in [-0.15, -0.1) is 0 Å².